The second-order valence-electron chi connectivity index (χ2n) is 7.20. The first-order valence-electron chi connectivity index (χ1n) is 9.28. The molecule has 27 heavy (non-hydrogen) atoms. The Bertz CT molecular complexity index is 1090. The number of hydrogen-bond acceptors (Lipinski definition) is 2. The average Bonchev–Trinajstić information content (AvgIpc) is 3.32. The fourth-order valence-corrected chi connectivity index (χ4v) is 4.19. The van der Waals surface area contributed by atoms with Crippen molar-refractivity contribution in [3.05, 3.63) is 88.7 Å². The van der Waals surface area contributed by atoms with Gasteiger partial charge >= 0.3 is 0 Å². The summed E-state index contributed by atoms with van der Waals surface area (Å²) < 4.78 is 0. The summed E-state index contributed by atoms with van der Waals surface area (Å²) in [7, 11) is 0. The largest absolute Gasteiger partial charge is 0.345 e. The zero-order chi connectivity index (χ0) is 18.2. The van der Waals surface area contributed by atoms with Gasteiger partial charge in [0.25, 0.3) is 0 Å². The molecular formula is C23H20ClN3. The zero-order valence-electron chi connectivity index (χ0n) is 14.9. The lowest BCUT2D eigenvalue weighted by Crippen LogP contribution is -2.29. The molecule has 1 aliphatic rings. The third kappa shape index (κ3) is 3.25. The lowest BCUT2D eigenvalue weighted by atomic mass is 10.0. The molecule has 0 radical (unpaired) electrons. The highest BCUT2D eigenvalue weighted by molar-refractivity contribution is 6.31. The molecule has 2 N–H and O–H groups in total. The van der Waals surface area contributed by atoms with Crippen LogP contribution in [0.4, 0.5) is 0 Å². The van der Waals surface area contributed by atoms with Crippen molar-refractivity contribution in [1.82, 2.24) is 15.3 Å². The van der Waals surface area contributed by atoms with Crippen molar-refractivity contribution < 1.29 is 0 Å². The number of benzene rings is 3. The quantitative estimate of drug-likeness (QED) is 0.520. The normalized spacial score (nSPS) is 14.0. The van der Waals surface area contributed by atoms with Gasteiger partial charge in [0.05, 0.1) is 17.4 Å². The predicted molar refractivity (Wildman–Crippen MR) is 111 cm³/mol. The molecule has 0 aliphatic heterocycles. The molecule has 5 rings (SSSR count). The van der Waals surface area contributed by atoms with Crippen molar-refractivity contribution in [3.8, 4) is 11.1 Å². The van der Waals surface area contributed by atoms with Crippen molar-refractivity contribution in [2.45, 2.75) is 25.4 Å². The molecule has 0 atom stereocenters. The average molecular weight is 374 g/mol. The van der Waals surface area contributed by atoms with E-state index >= 15 is 0 Å². The highest BCUT2D eigenvalue weighted by Crippen LogP contribution is 2.28. The van der Waals surface area contributed by atoms with Gasteiger partial charge in [-0.3, -0.25) is 0 Å². The van der Waals surface area contributed by atoms with Gasteiger partial charge in [0.15, 0.2) is 0 Å². The second kappa shape index (κ2) is 6.84. The topological polar surface area (TPSA) is 40.7 Å². The standard InChI is InChI=1S/C23H20ClN3/c24-21-11-17(18-7-8-22-23(12-18)27-14-26-22)5-6-19(21)13-25-20-9-15-3-1-2-4-16(15)10-20/h1-8,11-12,14,20,25H,9-10,13H2,(H,26,27). The van der Waals surface area contributed by atoms with Crippen LogP contribution in [0.3, 0.4) is 0 Å². The molecule has 4 heteroatoms. The van der Waals surface area contributed by atoms with E-state index in [0.717, 1.165) is 52.1 Å². The van der Waals surface area contributed by atoms with Gasteiger partial charge in [0, 0.05) is 17.6 Å². The van der Waals surface area contributed by atoms with E-state index in [4.69, 9.17) is 11.6 Å². The maximum Gasteiger partial charge on any atom is 0.0931 e. The maximum absolute atomic E-state index is 6.59. The highest BCUT2D eigenvalue weighted by atomic mass is 35.5. The molecule has 3 nitrogen and oxygen atoms in total. The number of nitrogens with one attached hydrogen (secondary N) is 2. The molecule has 0 bridgehead atoms. The number of H-pyrrole nitrogens is 1. The lowest BCUT2D eigenvalue weighted by molar-refractivity contribution is 0.533. The minimum Gasteiger partial charge on any atom is -0.345 e. The van der Waals surface area contributed by atoms with Crippen molar-refractivity contribution in [2.24, 2.45) is 0 Å². The lowest BCUT2D eigenvalue weighted by Gasteiger charge is -2.14. The van der Waals surface area contributed by atoms with E-state index in [1.807, 2.05) is 6.07 Å². The van der Waals surface area contributed by atoms with Crippen molar-refractivity contribution in [2.75, 3.05) is 0 Å². The summed E-state index contributed by atoms with van der Waals surface area (Å²) in [5.41, 5.74) is 8.33. The third-order valence-electron chi connectivity index (χ3n) is 5.44. The summed E-state index contributed by atoms with van der Waals surface area (Å²) in [6.07, 6.45) is 3.91. The van der Waals surface area contributed by atoms with Crippen LogP contribution < -0.4 is 5.32 Å². The number of halogens is 1. The Morgan fingerprint density at radius 1 is 0.963 bits per heavy atom. The predicted octanol–water partition coefficient (Wildman–Crippen LogP) is 5.14. The van der Waals surface area contributed by atoms with Crippen LogP contribution in [0.2, 0.25) is 5.02 Å². The van der Waals surface area contributed by atoms with E-state index in [-0.39, 0.29) is 0 Å². The number of hydrogen-bond donors (Lipinski definition) is 2. The van der Waals surface area contributed by atoms with Crippen LogP contribution in [0.1, 0.15) is 16.7 Å². The first kappa shape index (κ1) is 16.5. The van der Waals surface area contributed by atoms with Gasteiger partial charge < -0.3 is 10.3 Å². The molecule has 0 unspecified atom stereocenters. The van der Waals surface area contributed by atoms with Crippen LogP contribution in [-0.4, -0.2) is 16.0 Å². The highest BCUT2D eigenvalue weighted by Gasteiger charge is 2.20. The second-order valence-corrected chi connectivity index (χ2v) is 7.60. The summed E-state index contributed by atoms with van der Waals surface area (Å²) in [5, 5.41) is 4.47. The van der Waals surface area contributed by atoms with Crippen LogP contribution >= 0.6 is 11.6 Å². The Balaban J connectivity index is 1.30. The minimum absolute atomic E-state index is 0.487. The number of fused-ring (bicyclic) bond motifs is 2. The van der Waals surface area contributed by atoms with Crippen LogP contribution in [0.5, 0.6) is 0 Å². The van der Waals surface area contributed by atoms with E-state index < -0.39 is 0 Å². The van der Waals surface area contributed by atoms with Gasteiger partial charge in [-0.2, -0.15) is 0 Å². The Hall–Kier alpha value is -2.62. The van der Waals surface area contributed by atoms with Gasteiger partial charge in [0.1, 0.15) is 0 Å². The first-order chi connectivity index (χ1) is 13.3. The van der Waals surface area contributed by atoms with E-state index in [9.17, 15) is 0 Å². The van der Waals surface area contributed by atoms with Crippen molar-refractivity contribution in [1.29, 1.82) is 0 Å². The molecule has 4 aromatic rings. The molecule has 0 fully saturated rings. The van der Waals surface area contributed by atoms with E-state index in [0.29, 0.717) is 6.04 Å². The fraction of sp³-hybridized carbons (Fsp3) is 0.174. The van der Waals surface area contributed by atoms with Crippen LogP contribution in [0.15, 0.2) is 67.0 Å². The fourth-order valence-electron chi connectivity index (χ4n) is 3.94. The number of nitrogens with zero attached hydrogens (tertiary/aromatic N) is 1. The number of imidazole rings is 1. The van der Waals surface area contributed by atoms with Gasteiger partial charge in [-0.15, -0.1) is 0 Å². The van der Waals surface area contributed by atoms with Gasteiger partial charge in [-0.25, -0.2) is 4.98 Å². The molecule has 0 spiro atoms. The Morgan fingerprint density at radius 2 is 1.70 bits per heavy atom. The van der Waals surface area contributed by atoms with E-state index in [1.54, 1.807) is 6.33 Å². The van der Waals surface area contributed by atoms with Gasteiger partial charge in [-0.1, -0.05) is 54.1 Å². The van der Waals surface area contributed by atoms with Crippen LogP contribution in [0.25, 0.3) is 22.2 Å². The Labute approximate surface area is 163 Å². The first-order valence-corrected chi connectivity index (χ1v) is 9.66. The Kier molecular flexibility index (Phi) is 4.19. The maximum atomic E-state index is 6.59. The smallest absolute Gasteiger partial charge is 0.0931 e. The monoisotopic (exact) mass is 373 g/mol. The molecule has 3 aromatic carbocycles. The number of rotatable bonds is 4. The minimum atomic E-state index is 0.487. The number of aromatic nitrogens is 2. The molecule has 1 aromatic heterocycles. The molecular weight excluding hydrogens is 354 g/mol. The number of aromatic amines is 1. The molecule has 0 saturated carbocycles. The Morgan fingerprint density at radius 3 is 2.48 bits per heavy atom. The summed E-state index contributed by atoms with van der Waals surface area (Å²) in [4.78, 5) is 7.43. The summed E-state index contributed by atoms with van der Waals surface area (Å²) in [5.74, 6) is 0. The third-order valence-corrected chi connectivity index (χ3v) is 5.79. The molecule has 1 aliphatic carbocycles. The summed E-state index contributed by atoms with van der Waals surface area (Å²) >= 11 is 6.59. The van der Waals surface area contributed by atoms with Gasteiger partial charge in [0.2, 0.25) is 0 Å². The summed E-state index contributed by atoms with van der Waals surface area (Å²) in [6.45, 7) is 0.789. The van der Waals surface area contributed by atoms with Crippen LogP contribution in [-0.2, 0) is 19.4 Å². The van der Waals surface area contributed by atoms with Gasteiger partial charge in [-0.05, 0) is 58.9 Å². The zero-order valence-corrected chi connectivity index (χ0v) is 15.6. The van der Waals surface area contributed by atoms with Crippen molar-refractivity contribution >= 4 is 22.6 Å². The molecule has 0 saturated heterocycles. The molecule has 134 valence electrons. The van der Waals surface area contributed by atoms with Crippen molar-refractivity contribution in [3.63, 3.8) is 0 Å². The van der Waals surface area contributed by atoms with E-state index in [2.05, 4.69) is 69.9 Å². The molecule has 1 heterocycles. The molecule has 0 amide bonds. The van der Waals surface area contributed by atoms with Crippen LogP contribution in [0, 0.1) is 0 Å². The van der Waals surface area contributed by atoms with E-state index in [1.165, 1.54) is 11.1 Å². The SMILES string of the molecule is Clc1cc(-c2ccc3nc[nH]c3c2)ccc1CNC1Cc2ccccc2C1. The summed E-state index contributed by atoms with van der Waals surface area (Å²) in [6, 6.07) is 21.8.